The lowest BCUT2D eigenvalue weighted by molar-refractivity contribution is -0.138. The van der Waals surface area contributed by atoms with Crippen LogP contribution in [-0.4, -0.2) is 45.6 Å². The Bertz CT molecular complexity index is 1300. The van der Waals surface area contributed by atoms with Gasteiger partial charge in [-0.05, 0) is 62.3 Å². The number of piperidine rings is 1. The van der Waals surface area contributed by atoms with Crippen LogP contribution in [0.1, 0.15) is 47.3 Å². The molecule has 2 N–H and O–H groups in total. The van der Waals surface area contributed by atoms with Crippen LogP contribution < -0.4 is 10.2 Å². The number of nitrogens with zero attached hydrogens (tertiary/aromatic N) is 3. The van der Waals surface area contributed by atoms with Crippen LogP contribution in [0.25, 0.3) is 0 Å². The summed E-state index contributed by atoms with van der Waals surface area (Å²) in [6, 6.07) is 6.41. The Morgan fingerprint density at radius 1 is 1.17 bits per heavy atom. The van der Waals surface area contributed by atoms with E-state index in [4.69, 9.17) is 5.11 Å². The first-order valence-corrected chi connectivity index (χ1v) is 12.9. The highest BCUT2D eigenvalue weighted by Gasteiger charge is 2.45. The molecule has 188 valence electrons. The molecule has 1 aliphatic heterocycles. The summed E-state index contributed by atoms with van der Waals surface area (Å²) in [5.41, 5.74) is -0.952. The van der Waals surface area contributed by atoms with Crippen LogP contribution in [0.2, 0.25) is 0 Å². The molecule has 1 aliphatic carbocycles. The number of nitrogens with one attached hydrogen (secondary N) is 1. The maximum Gasteiger partial charge on any atom is 0.439 e. The average molecular weight is 511 g/mol. The second kappa shape index (κ2) is 8.81. The summed E-state index contributed by atoms with van der Waals surface area (Å²) in [6.45, 7) is 2.47. The Labute approximate surface area is 200 Å². The molecule has 0 bridgehead atoms. The van der Waals surface area contributed by atoms with Crippen molar-refractivity contribution < 1.29 is 32.1 Å². The van der Waals surface area contributed by atoms with Crippen molar-refractivity contribution in [2.45, 2.75) is 43.7 Å². The van der Waals surface area contributed by atoms with Gasteiger partial charge in [0.15, 0.2) is 0 Å². The number of hydrogen-bond acceptors (Lipinski definition) is 5. The highest BCUT2D eigenvalue weighted by Crippen LogP contribution is 2.54. The predicted octanol–water partition coefficient (Wildman–Crippen LogP) is 5.18. The summed E-state index contributed by atoms with van der Waals surface area (Å²) >= 11 is 0. The number of hydrogen-bond donors (Lipinski definition) is 2. The second-order valence-electron chi connectivity index (χ2n) is 9.14. The number of rotatable bonds is 4. The Morgan fingerprint density at radius 2 is 1.83 bits per heavy atom. The smallest absolute Gasteiger partial charge is 0.439 e. The molecular weight excluding hydrogens is 485 g/mol. The van der Waals surface area contributed by atoms with E-state index < -0.39 is 33.5 Å². The lowest BCUT2D eigenvalue weighted by atomic mass is 9.93. The topological polar surface area (TPSA) is 112 Å². The lowest BCUT2D eigenvalue weighted by Crippen LogP contribution is -2.36. The molecule has 2 heterocycles. The standard InChI is InChI=1S/C23H25F3N4O4S/c1-14-18(23(24,25)26)13-17(19(27-14)30-10-8-22(6-7-22)9-11-30)20(31)28-15-4-3-5-16(12-15)35(2,34)29-21(32)33/h3-5,12-13H,6-11H2,1-2H3,(H,28,31)(H,32,33). The third kappa shape index (κ3) is 5.42. The summed E-state index contributed by atoms with van der Waals surface area (Å²) in [5, 5.41) is 11.4. The van der Waals surface area contributed by atoms with Gasteiger partial charge in [0.25, 0.3) is 5.91 Å². The van der Waals surface area contributed by atoms with Gasteiger partial charge in [0.05, 0.1) is 26.5 Å². The fourth-order valence-corrected chi connectivity index (χ4v) is 5.45. The zero-order valence-corrected chi connectivity index (χ0v) is 20.0. The maximum absolute atomic E-state index is 13.6. The number of aryl methyl sites for hydroxylation is 1. The molecule has 1 saturated carbocycles. The SMILES string of the molecule is Cc1nc(N2CCC3(CC2)CC3)c(C(=O)Nc2cccc(S(C)(=O)=NC(=O)O)c2)cc1C(F)(F)F. The van der Waals surface area contributed by atoms with E-state index in [0.717, 1.165) is 38.0 Å². The molecule has 2 aromatic rings. The number of carboxylic acid groups (broad SMARTS) is 1. The van der Waals surface area contributed by atoms with Crippen LogP contribution in [0.3, 0.4) is 0 Å². The molecule has 4 rings (SSSR count). The quantitative estimate of drug-likeness (QED) is 0.587. The summed E-state index contributed by atoms with van der Waals surface area (Å²) < 4.78 is 56.7. The van der Waals surface area contributed by atoms with Crippen molar-refractivity contribution in [2.24, 2.45) is 9.78 Å². The zero-order chi connectivity index (χ0) is 25.6. The van der Waals surface area contributed by atoms with Crippen molar-refractivity contribution >= 4 is 33.2 Å². The van der Waals surface area contributed by atoms with E-state index >= 15 is 0 Å². The van der Waals surface area contributed by atoms with Crippen LogP contribution in [0.4, 0.5) is 29.5 Å². The number of amides is 2. The molecule has 35 heavy (non-hydrogen) atoms. The van der Waals surface area contributed by atoms with E-state index in [9.17, 15) is 27.0 Å². The van der Waals surface area contributed by atoms with Gasteiger partial charge in [-0.25, -0.2) is 14.0 Å². The van der Waals surface area contributed by atoms with Gasteiger partial charge in [0.2, 0.25) is 0 Å². The number of pyridine rings is 1. The number of aromatic nitrogens is 1. The molecule has 2 aliphatic rings. The summed E-state index contributed by atoms with van der Waals surface area (Å²) in [6.07, 6.45) is -1.04. The van der Waals surface area contributed by atoms with E-state index in [-0.39, 0.29) is 27.7 Å². The Morgan fingerprint density at radius 3 is 2.40 bits per heavy atom. The van der Waals surface area contributed by atoms with Gasteiger partial charge in [-0.15, -0.1) is 4.36 Å². The Balaban J connectivity index is 1.69. The Hall–Kier alpha value is -3.15. The summed E-state index contributed by atoms with van der Waals surface area (Å²) in [4.78, 5) is 30.2. The molecular formula is C23H25F3N4O4S. The van der Waals surface area contributed by atoms with Gasteiger partial charge < -0.3 is 15.3 Å². The van der Waals surface area contributed by atoms with Crippen LogP contribution in [0.5, 0.6) is 0 Å². The van der Waals surface area contributed by atoms with Crippen LogP contribution in [-0.2, 0) is 15.9 Å². The number of benzene rings is 1. The number of carbonyl (C=O) groups excluding carboxylic acids is 1. The van der Waals surface area contributed by atoms with Crippen molar-refractivity contribution in [3.8, 4) is 0 Å². The van der Waals surface area contributed by atoms with Crippen molar-refractivity contribution in [3.05, 3.63) is 47.2 Å². The number of carbonyl (C=O) groups is 2. The van der Waals surface area contributed by atoms with Crippen LogP contribution >= 0.6 is 0 Å². The van der Waals surface area contributed by atoms with Crippen molar-refractivity contribution in [1.29, 1.82) is 0 Å². The zero-order valence-electron chi connectivity index (χ0n) is 19.2. The van der Waals surface area contributed by atoms with Crippen molar-refractivity contribution in [2.75, 3.05) is 29.6 Å². The molecule has 8 nitrogen and oxygen atoms in total. The number of halogens is 3. The van der Waals surface area contributed by atoms with Gasteiger partial charge in [0, 0.05) is 29.9 Å². The molecule has 1 unspecified atom stereocenters. The summed E-state index contributed by atoms with van der Waals surface area (Å²) in [7, 11) is -3.29. The van der Waals surface area contributed by atoms with E-state index in [2.05, 4.69) is 14.7 Å². The van der Waals surface area contributed by atoms with Crippen LogP contribution in [0.15, 0.2) is 39.6 Å². The Kier molecular flexibility index (Phi) is 6.28. The largest absolute Gasteiger partial charge is 0.463 e. The molecule has 2 fully saturated rings. The first-order chi connectivity index (χ1) is 16.3. The molecule has 1 aromatic carbocycles. The molecule has 0 radical (unpaired) electrons. The molecule has 12 heteroatoms. The van der Waals surface area contributed by atoms with E-state index in [1.807, 2.05) is 4.90 Å². The van der Waals surface area contributed by atoms with Crippen molar-refractivity contribution in [3.63, 3.8) is 0 Å². The minimum absolute atomic E-state index is 0.0571. The van der Waals surface area contributed by atoms with E-state index in [0.29, 0.717) is 18.5 Å². The normalized spacial score (nSPS) is 18.6. The molecule has 1 aromatic heterocycles. The fraction of sp³-hybridized carbons (Fsp3) is 0.435. The van der Waals surface area contributed by atoms with Gasteiger partial charge in [0.1, 0.15) is 5.82 Å². The highest BCUT2D eigenvalue weighted by atomic mass is 32.2. The van der Waals surface area contributed by atoms with E-state index in [1.54, 1.807) is 0 Å². The minimum Gasteiger partial charge on any atom is -0.463 e. The fourth-order valence-electron chi connectivity index (χ4n) is 4.37. The van der Waals surface area contributed by atoms with Gasteiger partial charge in [-0.2, -0.15) is 13.2 Å². The molecule has 1 spiro atoms. The van der Waals surface area contributed by atoms with Gasteiger partial charge in [-0.3, -0.25) is 4.79 Å². The van der Waals surface area contributed by atoms with Crippen LogP contribution in [0, 0.1) is 12.3 Å². The monoisotopic (exact) mass is 510 g/mol. The first kappa shape index (κ1) is 25.0. The third-order valence-corrected chi connectivity index (χ3v) is 8.24. The molecule has 1 atom stereocenters. The molecule has 1 saturated heterocycles. The third-order valence-electron chi connectivity index (χ3n) is 6.61. The van der Waals surface area contributed by atoms with Crippen molar-refractivity contribution in [1.82, 2.24) is 4.98 Å². The lowest BCUT2D eigenvalue weighted by Gasteiger charge is -2.34. The highest BCUT2D eigenvalue weighted by molar-refractivity contribution is 7.93. The first-order valence-electron chi connectivity index (χ1n) is 11.0. The maximum atomic E-state index is 13.6. The number of anilines is 2. The second-order valence-corrected chi connectivity index (χ2v) is 11.4. The van der Waals surface area contributed by atoms with Gasteiger partial charge in [-0.1, -0.05) is 6.07 Å². The molecule has 2 amide bonds. The summed E-state index contributed by atoms with van der Waals surface area (Å²) in [5.74, 6) is -0.612. The number of alkyl halides is 3. The average Bonchev–Trinajstić information content (AvgIpc) is 3.51. The predicted molar refractivity (Wildman–Crippen MR) is 124 cm³/mol. The van der Waals surface area contributed by atoms with E-state index in [1.165, 1.54) is 31.2 Å². The minimum atomic E-state index is -4.68. The van der Waals surface area contributed by atoms with Gasteiger partial charge >= 0.3 is 12.3 Å².